The number of aromatic carboxylic acids is 1. The molecular weight excluding hydrogens is 538 g/mol. The summed E-state index contributed by atoms with van der Waals surface area (Å²) in [5.41, 5.74) is 9.63. The molecule has 7 heteroatoms. The minimum absolute atomic E-state index is 0.180. The lowest BCUT2D eigenvalue weighted by atomic mass is 9.81. The van der Waals surface area contributed by atoms with Gasteiger partial charge in [0.25, 0.3) is 5.91 Å². The minimum Gasteiger partial charge on any atom is -0.478 e. The Morgan fingerprint density at radius 3 is 2.49 bits per heavy atom. The lowest BCUT2D eigenvalue weighted by Crippen LogP contribution is -2.45. The first-order valence-corrected chi connectivity index (χ1v) is 16.1. The summed E-state index contributed by atoms with van der Waals surface area (Å²) in [5, 5.41) is 15.8. The molecule has 0 radical (unpaired) electrons. The molecule has 8 rings (SSSR count). The topological polar surface area (TPSA) is 81.9 Å². The summed E-state index contributed by atoms with van der Waals surface area (Å²) in [5.74, 6) is 0.595. The third-order valence-corrected chi connectivity index (χ3v) is 10.0. The highest BCUT2D eigenvalue weighted by molar-refractivity contribution is 6.02. The van der Waals surface area contributed by atoms with E-state index in [-0.39, 0.29) is 11.5 Å². The van der Waals surface area contributed by atoms with Gasteiger partial charge in [-0.15, -0.1) is 0 Å². The largest absolute Gasteiger partial charge is 0.478 e. The maximum Gasteiger partial charge on any atom is 0.336 e. The molecule has 7 nitrogen and oxygen atoms in total. The van der Waals surface area contributed by atoms with E-state index in [0.717, 1.165) is 112 Å². The average Bonchev–Trinajstić information content (AvgIpc) is 3.03. The van der Waals surface area contributed by atoms with Gasteiger partial charge in [-0.1, -0.05) is 6.92 Å². The van der Waals surface area contributed by atoms with Crippen LogP contribution in [0.25, 0.3) is 5.57 Å². The molecule has 0 aromatic heterocycles. The first-order chi connectivity index (χ1) is 21.0. The molecule has 5 aliphatic heterocycles. The number of rotatable bonds is 5. The number of fused-ring (bicyclic) bond motifs is 4. The van der Waals surface area contributed by atoms with E-state index in [1.165, 1.54) is 33.3 Å². The van der Waals surface area contributed by atoms with E-state index in [0.29, 0.717) is 17.7 Å². The van der Waals surface area contributed by atoms with Crippen molar-refractivity contribution >= 4 is 23.1 Å². The van der Waals surface area contributed by atoms with Crippen LogP contribution in [0.5, 0.6) is 11.5 Å². The Hall–Kier alpha value is -4.13. The lowest BCUT2D eigenvalue weighted by Gasteiger charge is -2.39. The quantitative estimate of drug-likeness (QED) is 0.352. The highest BCUT2D eigenvalue weighted by atomic mass is 16.5. The number of amides is 1. The molecule has 0 aliphatic carbocycles. The number of carboxylic acid groups (broad SMARTS) is 1. The van der Waals surface area contributed by atoms with Crippen LogP contribution in [-0.4, -0.2) is 49.7 Å². The van der Waals surface area contributed by atoms with Crippen molar-refractivity contribution in [3.63, 3.8) is 0 Å². The second-order valence-corrected chi connectivity index (χ2v) is 12.7. The van der Waals surface area contributed by atoms with E-state index < -0.39 is 5.97 Å². The van der Waals surface area contributed by atoms with Crippen LogP contribution in [0.4, 0.5) is 5.69 Å². The summed E-state index contributed by atoms with van der Waals surface area (Å²) in [6.07, 6.45) is 9.10. The third kappa shape index (κ3) is 4.11. The van der Waals surface area contributed by atoms with Crippen LogP contribution >= 0.6 is 0 Å². The van der Waals surface area contributed by atoms with E-state index in [2.05, 4.69) is 26.9 Å². The highest BCUT2D eigenvalue weighted by Crippen LogP contribution is 2.48. The van der Waals surface area contributed by atoms with Crippen LogP contribution in [0.3, 0.4) is 0 Å². The van der Waals surface area contributed by atoms with Crippen molar-refractivity contribution in [1.82, 2.24) is 9.89 Å². The van der Waals surface area contributed by atoms with E-state index in [9.17, 15) is 14.7 Å². The summed E-state index contributed by atoms with van der Waals surface area (Å²) < 4.78 is 9.62. The zero-order valence-electron chi connectivity index (χ0n) is 24.9. The molecule has 0 saturated heterocycles. The van der Waals surface area contributed by atoms with E-state index >= 15 is 0 Å². The predicted octanol–water partition coefficient (Wildman–Crippen LogP) is 3.96. The van der Waals surface area contributed by atoms with Crippen LogP contribution in [0, 0.1) is 0 Å². The maximum absolute atomic E-state index is 13.2. The molecule has 3 aromatic rings. The number of carbonyl (C=O) groups excluding carboxylic acids is 1. The van der Waals surface area contributed by atoms with Gasteiger partial charge in [0, 0.05) is 71.2 Å². The Morgan fingerprint density at radius 1 is 0.907 bits per heavy atom. The van der Waals surface area contributed by atoms with Gasteiger partial charge in [-0.2, -0.15) is 0 Å². The third-order valence-electron chi connectivity index (χ3n) is 10.0. The van der Waals surface area contributed by atoms with Gasteiger partial charge in [0.2, 0.25) is 5.36 Å². The summed E-state index contributed by atoms with van der Waals surface area (Å²) in [6, 6.07) is 9.60. The molecule has 0 unspecified atom stereocenters. The smallest absolute Gasteiger partial charge is 0.336 e. The van der Waals surface area contributed by atoms with Gasteiger partial charge in [0.05, 0.1) is 11.1 Å². The summed E-state index contributed by atoms with van der Waals surface area (Å²) in [7, 11) is 0. The molecule has 2 N–H and O–H groups in total. The number of aryl methyl sites for hydroxylation is 2. The molecule has 0 fully saturated rings. The number of carbonyl (C=O) groups is 2. The van der Waals surface area contributed by atoms with Crippen molar-refractivity contribution in [2.45, 2.75) is 64.7 Å². The number of carboxylic acids is 1. The number of hydrogen-bond acceptors (Lipinski definition) is 4. The number of hydrogen-bond donors (Lipinski definition) is 2. The monoisotopic (exact) mass is 576 g/mol. The summed E-state index contributed by atoms with van der Waals surface area (Å²) in [6.45, 7) is 6.86. The van der Waals surface area contributed by atoms with Gasteiger partial charge >= 0.3 is 5.97 Å². The fraction of sp³-hybridized carbons (Fsp3) is 0.417. The van der Waals surface area contributed by atoms with Gasteiger partial charge in [-0.3, -0.25) is 4.79 Å². The molecule has 0 atom stereocenters. The van der Waals surface area contributed by atoms with Gasteiger partial charge in [-0.05, 0) is 86.4 Å². The van der Waals surface area contributed by atoms with Crippen molar-refractivity contribution in [3.05, 3.63) is 85.4 Å². The standard InChI is InChI=1S/C36H37N3O4/c1-2-13-37-35(40)23-11-12-24(36(41)42)27(20-23)30-28-18-21-7-3-14-38-16-5-9-25(31(21)38)33(28)43-34-26-10-6-17-39-15-4-8-22(32(26)39)19-29(30)34/h11-12,18-20H,2-10,13-17H2,1H3,(H-,37,40,41,42)/p+1. The lowest BCUT2D eigenvalue weighted by molar-refractivity contribution is 0.0696. The van der Waals surface area contributed by atoms with E-state index in [1.54, 1.807) is 18.2 Å². The van der Waals surface area contributed by atoms with Gasteiger partial charge in [0.1, 0.15) is 24.6 Å². The molecule has 0 spiro atoms. The van der Waals surface area contributed by atoms with Gasteiger partial charge < -0.3 is 20.1 Å². The molecule has 0 saturated carbocycles. The Labute approximate surface area is 251 Å². The van der Waals surface area contributed by atoms with Gasteiger partial charge in [-0.25, -0.2) is 9.37 Å². The summed E-state index contributed by atoms with van der Waals surface area (Å²) >= 11 is 0. The Kier molecular flexibility index (Phi) is 6.32. The second kappa shape index (κ2) is 10.2. The van der Waals surface area contributed by atoms with Crippen molar-refractivity contribution in [1.29, 1.82) is 0 Å². The number of benzene rings is 3. The highest BCUT2D eigenvalue weighted by Gasteiger charge is 2.36. The molecule has 1 amide bonds. The van der Waals surface area contributed by atoms with Crippen molar-refractivity contribution in [2.24, 2.45) is 0 Å². The Balaban J connectivity index is 1.49. The van der Waals surface area contributed by atoms with Crippen molar-refractivity contribution in [3.8, 4) is 11.5 Å². The van der Waals surface area contributed by atoms with E-state index in [1.807, 2.05) is 6.92 Å². The van der Waals surface area contributed by atoms with E-state index in [4.69, 9.17) is 4.74 Å². The number of nitrogens with one attached hydrogen (secondary N) is 1. The SMILES string of the molecule is CCCNC(=O)c1ccc(C(=O)O)c(C2=c3cc4c5c(c3Oc3c2cc2c6c3CCCN6CCC2)CCC[N+]=5CCC4)c1. The molecular formula is C36H38N3O4+. The second-order valence-electron chi connectivity index (χ2n) is 12.7. The molecule has 5 heterocycles. The van der Waals surface area contributed by atoms with Gasteiger partial charge in [0.15, 0.2) is 0 Å². The Morgan fingerprint density at radius 2 is 1.67 bits per heavy atom. The van der Waals surface area contributed by atoms with Crippen LogP contribution in [-0.2, 0) is 25.7 Å². The first kappa shape index (κ1) is 26.5. The molecule has 0 bridgehead atoms. The molecule has 5 aliphatic rings. The normalized spacial score (nSPS) is 17.7. The fourth-order valence-electron chi connectivity index (χ4n) is 8.22. The minimum atomic E-state index is -0.992. The van der Waals surface area contributed by atoms with Crippen LogP contribution < -0.4 is 30.1 Å². The Bertz CT molecular complexity index is 1850. The molecule has 43 heavy (non-hydrogen) atoms. The predicted molar refractivity (Wildman–Crippen MR) is 166 cm³/mol. The molecule has 220 valence electrons. The number of anilines is 1. The van der Waals surface area contributed by atoms with Crippen LogP contribution in [0.2, 0.25) is 0 Å². The molecule has 3 aromatic carbocycles. The van der Waals surface area contributed by atoms with Crippen molar-refractivity contribution in [2.75, 3.05) is 37.6 Å². The number of ether oxygens (including phenoxy) is 1. The van der Waals surface area contributed by atoms with Crippen LogP contribution in [0.1, 0.15) is 93.1 Å². The summed E-state index contributed by atoms with van der Waals surface area (Å²) in [4.78, 5) is 28.5. The zero-order chi connectivity index (χ0) is 29.2. The fourth-order valence-corrected chi connectivity index (χ4v) is 8.22. The average molecular weight is 577 g/mol. The zero-order valence-corrected chi connectivity index (χ0v) is 24.9. The number of nitrogens with zero attached hydrogens (tertiary/aromatic N) is 2. The van der Waals surface area contributed by atoms with Crippen molar-refractivity contribution < 1.29 is 19.4 Å². The van der Waals surface area contributed by atoms with Crippen LogP contribution in [0.15, 0.2) is 30.3 Å². The first-order valence-electron chi connectivity index (χ1n) is 16.1. The maximum atomic E-state index is 13.2.